The molecule has 0 saturated heterocycles. The van der Waals surface area contributed by atoms with Crippen molar-refractivity contribution in [3.63, 3.8) is 0 Å². The van der Waals surface area contributed by atoms with Crippen LogP contribution in [0.15, 0.2) is 30.5 Å². The molecule has 1 aromatic carbocycles. The van der Waals surface area contributed by atoms with Gasteiger partial charge in [0, 0.05) is 29.6 Å². The van der Waals surface area contributed by atoms with Gasteiger partial charge in [0.15, 0.2) is 0 Å². The number of aromatic nitrogens is 1. The Morgan fingerprint density at radius 2 is 2.00 bits per heavy atom. The summed E-state index contributed by atoms with van der Waals surface area (Å²) in [6.45, 7) is 4.14. The highest BCUT2D eigenvalue weighted by atomic mass is 16.6. The molecule has 1 aromatic heterocycles. The summed E-state index contributed by atoms with van der Waals surface area (Å²) in [6, 6.07) is 6.00. The third-order valence-electron chi connectivity index (χ3n) is 3.60. The quantitative estimate of drug-likeness (QED) is 0.290. The van der Waals surface area contributed by atoms with Gasteiger partial charge in [0.25, 0.3) is 5.69 Å². The number of carbonyl (C=O) groups excluding carboxylic acids is 1. The van der Waals surface area contributed by atoms with Crippen LogP contribution in [0.5, 0.6) is 0 Å². The molecule has 0 aliphatic heterocycles. The molecule has 0 radical (unpaired) electrons. The van der Waals surface area contributed by atoms with Crippen molar-refractivity contribution in [2.75, 3.05) is 12.4 Å². The van der Waals surface area contributed by atoms with Gasteiger partial charge in [-0.1, -0.05) is 13.3 Å². The molecule has 0 aliphatic carbocycles. The first-order valence-electron chi connectivity index (χ1n) is 7.34. The largest absolute Gasteiger partial charge is 0.462 e. The van der Waals surface area contributed by atoms with Gasteiger partial charge in [-0.2, -0.15) is 0 Å². The Kier molecular flexibility index (Phi) is 5.00. The molecule has 0 bridgehead atoms. The third kappa shape index (κ3) is 3.50. The molecule has 0 fully saturated rings. The van der Waals surface area contributed by atoms with Crippen LogP contribution in [0.3, 0.4) is 0 Å². The van der Waals surface area contributed by atoms with Gasteiger partial charge in [0.2, 0.25) is 0 Å². The predicted molar refractivity (Wildman–Crippen MR) is 86.6 cm³/mol. The second-order valence-corrected chi connectivity index (χ2v) is 5.20. The van der Waals surface area contributed by atoms with Crippen LogP contribution in [0.2, 0.25) is 0 Å². The van der Waals surface area contributed by atoms with Gasteiger partial charge in [0.1, 0.15) is 0 Å². The average Bonchev–Trinajstić information content (AvgIpc) is 2.83. The summed E-state index contributed by atoms with van der Waals surface area (Å²) in [7, 11) is 0. The molecule has 1 heterocycles. The first kappa shape index (κ1) is 16.5. The highest BCUT2D eigenvalue weighted by Gasteiger charge is 2.21. The smallest absolute Gasteiger partial charge is 0.340 e. The van der Waals surface area contributed by atoms with Gasteiger partial charge >= 0.3 is 5.97 Å². The zero-order chi connectivity index (χ0) is 17.0. The normalized spacial score (nSPS) is 10.5. The molecule has 2 rings (SSSR count). The number of carbonyl (C=O) groups is 1. The first-order valence-corrected chi connectivity index (χ1v) is 7.34. The minimum absolute atomic E-state index is 0.00865. The molecule has 0 aliphatic rings. The maximum absolute atomic E-state index is 12.3. The van der Waals surface area contributed by atoms with Crippen LogP contribution in [0, 0.1) is 17.0 Å². The zero-order valence-corrected chi connectivity index (χ0v) is 13.1. The van der Waals surface area contributed by atoms with Gasteiger partial charge in [0.05, 0.1) is 17.1 Å². The van der Waals surface area contributed by atoms with Crippen molar-refractivity contribution in [3.8, 4) is 11.1 Å². The summed E-state index contributed by atoms with van der Waals surface area (Å²) in [5.74, 6) is 5.40. The Morgan fingerprint density at radius 3 is 2.57 bits per heavy atom. The Bertz CT molecular complexity index is 720. The standard InChI is InChI=1S/C16H19N3O4/c1-3-4-9-23-16(20)14-10-18(17)11(2)15(14)12-5-7-13(8-6-12)19(21)22/h5-8,10H,3-4,9,17H2,1-2H3. The van der Waals surface area contributed by atoms with Crippen molar-refractivity contribution < 1.29 is 14.5 Å². The maximum atomic E-state index is 12.3. The lowest BCUT2D eigenvalue weighted by Gasteiger charge is -2.06. The van der Waals surface area contributed by atoms with E-state index >= 15 is 0 Å². The fraction of sp³-hybridized carbons (Fsp3) is 0.312. The third-order valence-corrected chi connectivity index (χ3v) is 3.60. The number of ether oxygens (including phenoxy) is 1. The summed E-state index contributed by atoms with van der Waals surface area (Å²) in [5, 5.41) is 10.7. The average molecular weight is 317 g/mol. The Hall–Kier alpha value is -2.83. The van der Waals surface area contributed by atoms with E-state index in [0.29, 0.717) is 29.0 Å². The Labute approximate surface area is 133 Å². The molecule has 23 heavy (non-hydrogen) atoms. The van der Waals surface area contributed by atoms with Crippen LogP contribution < -0.4 is 5.84 Å². The number of benzene rings is 1. The van der Waals surface area contributed by atoms with Gasteiger partial charge in [-0.15, -0.1) is 0 Å². The Morgan fingerprint density at radius 1 is 1.35 bits per heavy atom. The van der Waals surface area contributed by atoms with Crippen LogP contribution in [0.25, 0.3) is 11.1 Å². The summed E-state index contributed by atoms with van der Waals surface area (Å²) >= 11 is 0. The van der Waals surface area contributed by atoms with E-state index in [2.05, 4.69) is 0 Å². The minimum Gasteiger partial charge on any atom is -0.462 e. The van der Waals surface area contributed by atoms with E-state index in [1.807, 2.05) is 6.92 Å². The van der Waals surface area contributed by atoms with Crippen molar-refractivity contribution in [1.82, 2.24) is 4.68 Å². The zero-order valence-electron chi connectivity index (χ0n) is 13.1. The van der Waals surface area contributed by atoms with E-state index < -0.39 is 10.9 Å². The first-order chi connectivity index (χ1) is 11.0. The lowest BCUT2D eigenvalue weighted by atomic mass is 10.0. The fourth-order valence-electron chi connectivity index (χ4n) is 2.28. The number of nitrogens with zero attached hydrogens (tertiary/aromatic N) is 2. The molecular weight excluding hydrogens is 298 g/mol. The molecular formula is C16H19N3O4. The second-order valence-electron chi connectivity index (χ2n) is 5.20. The number of nitro groups is 1. The van der Waals surface area contributed by atoms with Crippen LogP contribution in [0.1, 0.15) is 35.8 Å². The van der Waals surface area contributed by atoms with Crippen LogP contribution in [0.4, 0.5) is 5.69 Å². The van der Waals surface area contributed by atoms with Crippen LogP contribution in [-0.4, -0.2) is 22.2 Å². The summed E-state index contributed by atoms with van der Waals surface area (Å²) < 4.78 is 6.60. The number of unbranched alkanes of at least 4 members (excludes halogenated alkanes) is 1. The topological polar surface area (TPSA) is 100 Å². The van der Waals surface area contributed by atoms with E-state index in [-0.39, 0.29) is 5.69 Å². The second kappa shape index (κ2) is 6.95. The van der Waals surface area contributed by atoms with E-state index in [4.69, 9.17) is 10.6 Å². The molecule has 0 spiro atoms. The molecule has 0 unspecified atom stereocenters. The van der Waals surface area contributed by atoms with Crippen molar-refractivity contribution in [2.45, 2.75) is 26.7 Å². The lowest BCUT2D eigenvalue weighted by molar-refractivity contribution is -0.384. The molecule has 2 N–H and O–H groups in total. The number of nitrogens with two attached hydrogens (primary N) is 1. The summed E-state index contributed by atoms with van der Waals surface area (Å²) in [5.41, 5.74) is 2.34. The van der Waals surface area contributed by atoms with Gasteiger partial charge in [-0.3, -0.25) is 14.8 Å². The molecule has 122 valence electrons. The predicted octanol–water partition coefficient (Wildman–Crippen LogP) is 3.04. The molecule has 0 atom stereocenters. The van der Waals surface area contributed by atoms with Crippen molar-refractivity contribution in [1.29, 1.82) is 0 Å². The van der Waals surface area contributed by atoms with Crippen molar-refractivity contribution >= 4 is 11.7 Å². The molecule has 7 heteroatoms. The number of non-ortho nitro benzene ring substituents is 1. The van der Waals surface area contributed by atoms with Crippen molar-refractivity contribution in [3.05, 3.63) is 51.8 Å². The summed E-state index contributed by atoms with van der Waals surface area (Å²) in [6.07, 6.45) is 3.24. The number of hydrogen-bond acceptors (Lipinski definition) is 5. The van der Waals surface area contributed by atoms with E-state index in [1.165, 1.54) is 23.0 Å². The molecule has 0 saturated carbocycles. The monoisotopic (exact) mass is 317 g/mol. The number of hydrogen-bond donors (Lipinski definition) is 1. The van der Waals surface area contributed by atoms with Gasteiger partial charge in [-0.05, 0) is 31.0 Å². The number of rotatable bonds is 6. The van der Waals surface area contributed by atoms with Crippen molar-refractivity contribution in [2.24, 2.45) is 0 Å². The van der Waals surface area contributed by atoms with Crippen LogP contribution in [-0.2, 0) is 4.74 Å². The Balaban J connectivity index is 2.37. The maximum Gasteiger partial charge on any atom is 0.340 e. The number of esters is 1. The van der Waals surface area contributed by atoms with Crippen LogP contribution >= 0.6 is 0 Å². The van der Waals surface area contributed by atoms with E-state index in [9.17, 15) is 14.9 Å². The lowest BCUT2D eigenvalue weighted by Crippen LogP contribution is -2.08. The van der Waals surface area contributed by atoms with Gasteiger partial charge < -0.3 is 10.6 Å². The molecule has 0 amide bonds. The van der Waals surface area contributed by atoms with E-state index in [0.717, 1.165) is 12.8 Å². The minimum atomic E-state index is -0.468. The van der Waals surface area contributed by atoms with E-state index in [1.54, 1.807) is 19.1 Å². The summed E-state index contributed by atoms with van der Waals surface area (Å²) in [4.78, 5) is 22.5. The number of nitrogen functional groups attached to an aromatic ring is 1. The SMILES string of the molecule is CCCCOC(=O)c1cn(N)c(C)c1-c1ccc([N+](=O)[O-])cc1. The van der Waals surface area contributed by atoms with Gasteiger partial charge in [-0.25, -0.2) is 4.79 Å². The number of nitro benzene ring substituents is 1. The fourth-order valence-corrected chi connectivity index (χ4v) is 2.28. The highest BCUT2D eigenvalue weighted by Crippen LogP contribution is 2.30. The molecule has 2 aromatic rings. The molecule has 7 nitrogen and oxygen atoms in total. The highest BCUT2D eigenvalue weighted by molar-refractivity contribution is 5.98.